The molecule has 1 fully saturated rings. The lowest BCUT2D eigenvalue weighted by Crippen LogP contribution is -2.42. The van der Waals surface area contributed by atoms with Crippen molar-refractivity contribution in [1.29, 1.82) is 0 Å². The van der Waals surface area contributed by atoms with Gasteiger partial charge in [0.2, 0.25) is 0 Å². The van der Waals surface area contributed by atoms with Crippen molar-refractivity contribution in [2.75, 3.05) is 31.6 Å². The summed E-state index contributed by atoms with van der Waals surface area (Å²) >= 11 is 0. The van der Waals surface area contributed by atoms with Crippen LogP contribution in [0.1, 0.15) is 37.3 Å². The van der Waals surface area contributed by atoms with Gasteiger partial charge in [0.15, 0.2) is 0 Å². The summed E-state index contributed by atoms with van der Waals surface area (Å²) in [5.41, 5.74) is 3.72. The first-order valence-corrected chi connectivity index (χ1v) is 10.8. The Kier molecular flexibility index (Phi) is 6.35. The third-order valence-corrected chi connectivity index (χ3v) is 6.00. The zero-order valence-corrected chi connectivity index (χ0v) is 17.3. The predicted octanol–water partition coefficient (Wildman–Crippen LogP) is 4.53. The average molecular weight is 394 g/mol. The third-order valence-electron chi connectivity index (χ3n) is 6.00. The molecule has 1 atom stereocenters. The number of urea groups is 1. The largest absolute Gasteiger partial charge is 0.494 e. The molecule has 0 spiro atoms. The fourth-order valence-corrected chi connectivity index (χ4v) is 4.22. The van der Waals surface area contributed by atoms with E-state index in [-0.39, 0.29) is 6.03 Å². The van der Waals surface area contributed by atoms with Crippen LogP contribution in [0.3, 0.4) is 0 Å². The van der Waals surface area contributed by atoms with E-state index < -0.39 is 0 Å². The molecule has 0 aromatic heterocycles. The first-order valence-electron chi connectivity index (χ1n) is 10.8. The molecular weight excluding hydrogens is 362 g/mol. The first kappa shape index (κ1) is 19.8. The smallest absolute Gasteiger partial charge is 0.321 e. The number of amides is 2. The summed E-state index contributed by atoms with van der Waals surface area (Å²) in [7, 11) is 0. The quantitative estimate of drug-likeness (QED) is 0.734. The van der Waals surface area contributed by atoms with Crippen LogP contribution in [0.2, 0.25) is 0 Å². The molecule has 2 amide bonds. The molecule has 0 radical (unpaired) electrons. The van der Waals surface area contributed by atoms with Gasteiger partial charge in [0.1, 0.15) is 5.75 Å². The van der Waals surface area contributed by atoms with Gasteiger partial charge < -0.3 is 15.0 Å². The van der Waals surface area contributed by atoms with Gasteiger partial charge in [-0.05, 0) is 54.7 Å². The van der Waals surface area contributed by atoms with Crippen molar-refractivity contribution in [3.8, 4) is 5.75 Å². The normalized spacial score (nSPS) is 19.1. The predicted molar refractivity (Wildman–Crippen MR) is 116 cm³/mol. The molecule has 4 rings (SSSR count). The molecule has 154 valence electrons. The van der Waals surface area contributed by atoms with Crippen molar-refractivity contribution in [1.82, 2.24) is 9.80 Å². The van der Waals surface area contributed by atoms with Crippen molar-refractivity contribution in [2.24, 2.45) is 0 Å². The number of nitrogens with zero attached hydrogens (tertiary/aromatic N) is 2. The lowest BCUT2D eigenvalue weighted by molar-refractivity contribution is 0.177. The Balaban J connectivity index is 1.27. The van der Waals surface area contributed by atoms with E-state index in [0.717, 1.165) is 69.9 Å². The van der Waals surface area contributed by atoms with Gasteiger partial charge in [-0.15, -0.1) is 0 Å². The number of nitrogens with one attached hydrogen (secondary N) is 1. The van der Waals surface area contributed by atoms with Crippen LogP contribution in [0.5, 0.6) is 5.75 Å². The SMILES string of the molecule is CCCCOc1ccc(NC(=O)N2CCC(N3CCc4ccccc4C3)C2)cc1. The summed E-state index contributed by atoms with van der Waals surface area (Å²) in [6.45, 7) is 6.57. The van der Waals surface area contributed by atoms with E-state index >= 15 is 0 Å². The number of carbonyl (C=O) groups is 1. The maximum atomic E-state index is 12.7. The minimum absolute atomic E-state index is 0.00967. The van der Waals surface area contributed by atoms with Crippen LogP contribution in [0.25, 0.3) is 0 Å². The van der Waals surface area contributed by atoms with Crippen molar-refractivity contribution < 1.29 is 9.53 Å². The Bertz CT molecular complexity index is 821. The lowest BCUT2D eigenvalue weighted by atomic mass is 9.98. The summed E-state index contributed by atoms with van der Waals surface area (Å²) in [4.78, 5) is 17.2. The van der Waals surface area contributed by atoms with E-state index in [9.17, 15) is 4.79 Å². The number of anilines is 1. The van der Waals surface area contributed by atoms with Crippen molar-refractivity contribution >= 4 is 11.7 Å². The topological polar surface area (TPSA) is 44.8 Å². The van der Waals surface area contributed by atoms with Gasteiger partial charge in [0.25, 0.3) is 0 Å². The molecule has 5 heteroatoms. The fourth-order valence-electron chi connectivity index (χ4n) is 4.22. The van der Waals surface area contributed by atoms with Crippen molar-refractivity contribution in [3.05, 3.63) is 59.7 Å². The Labute approximate surface area is 173 Å². The number of hydrogen-bond acceptors (Lipinski definition) is 3. The summed E-state index contributed by atoms with van der Waals surface area (Å²) in [6.07, 6.45) is 4.32. The highest BCUT2D eigenvalue weighted by Crippen LogP contribution is 2.25. The highest BCUT2D eigenvalue weighted by molar-refractivity contribution is 5.89. The minimum atomic E-state index is -0.00967. The maximum Gasteiger partial charge on any atom is 0.321 e. The zero-order valence-electron chi connectivity index (χ0n) is 17.3. The molecule has 29 heavy (non-hydrogen) atoms. The number of likely N-dealkylation sites (tertiary alicyclic amines) is 1. The highest BCUT2D eigenvalue weighted by Gasteiger charge is 2.32. The molecule has 2 aromatic rings. The van der Waals surface area contributed by atoms with E-state index in [1.54, 1.807) is 0 Å². The van der Waals surface area contributed by atoms with Gasteiger partial charge in [0.05, 0.1) is 6.61 Å². The Hall–Kier alpha value is -2.53. The molecule has 2 aliphatic heterocycles. The van der Waals surface area contributed by atoms with E-state index in [2.05, 4.69) is 41.4 Å². The van der Waals surface area contributed by atoms with Gasteiger partial charge in [0, 0.05) is 37.9 Å². The lowest BCUT2D eigenvalue weighted by Gasteiger charge is -2.33. The summed E-state index contributed by atoms with van der Waals surface area (Å²) in [5, 5.41) is 3.03. The van der Waals surface area contributed by atoms with Crippen LogP contribution in [-0.4, -0.2) is 48.1 Å². The Morgan fingerprint density at radius 2 is 1.90 bits per heavy atom. The molecule has 2 heterocycles. The number of carbonyl (C=O) groups excluding carboxylic acids is 1. The second-order valence-corrected chi connectivity index (χ2v) is 8.03. The van der Waals surface area contributed by atoms with E-state index in [0.29, 0.717) is 6.04 Å². The number of hydrogen-bond donors (Lipinski definition) is 1. The number of rotatable bonds is 6. The molecule has 0 saturated carbocycles. The zero-order chi connectivity index (χ0) is 20.1. The number of ether oxygens (including phenoxy) is 1. The molecule has 1 unspecified atom stereocenters. The molecule has 1 N–H and O–H groups in total. The molecular formula is C24H31N3O2. The average Bonchev–Trinajstić information content (AvgIpc) is 3.25. The minimum Gasteiger partial charge on any atom is -0.494 e. The van der Waals surface area contributed by atoms with Crippen molar-refractivity contribution in [3.63, 3.8) is 0 Å². The maximum absolute atomic E-state index is 12.7. The molecule has 0 aliphatic carbocycles. The fraction of sp³-hybridized carbons (Fsp3) is 0.458. The molecule has 0 bridgehead atoms. The summed E-state index contributed by atoms with van der Waals surface area (Å²) in [5.74, 6) is 0.850. The van der Waals surface area contributed by atoms with Crippen LogP contribution in [0.15, 0.2) is 48.5 Å². The van der Waals surface area contributed by atoms with Gasteiger partial charge in [-0.25, -0.2) is 4.79 Å². The van der Waals surface area contributed by atoms with Gasteiger partial charge in [-0.3, -0.25) is 4.90 Å². The van der Waals surface area contributed by atoms with E-state index in [4.69, 9.17) is 4.74 Å². The summed E-state index contributed by atoms with van der Waals surface area (Å²) < 4.78 is 5.68. The van der Waals surface area contributed by atoms with Gasteiger partial charge >= 0.3 is 6.03 Å². The molecule has 5 nitrogen and oxygen atoms in total. The number of benzene rings is 2. The van der Waals surface area contributed by atoms with Crippen LogP contribution in [-0.2, 0) is 13.0 Å². The Morgan fingerprint density at radius 3 is 2.69 bits per heavy atom. The molecule has 1 saturated heterocycles. The van der Waals surface area contributed by atoms with Crippen LogP contribution in [0, 0.1) is 0 Å². The third kappa shape index (κ3) is 4.91. The first-order chi connectivity index (χ1) is 14.2. The van der Waals surface area contributed by atoms with Crippen LogP contribution in [0.4, 0.5) is 10.5 Å². The monoisotopic (exact) mass is 393 g/mol. The number of fused-ring (bicyclic) bond motifs is 1. The van der Waals surface area contributed by atoms with E-state index in [1.165, 1.54) is 11.1 Å². The molecule has 2 aromatic carbocycles. The van der Waals surface area contributed by atoms with Crippen molar-refractivity contribution in [2.45, 2.75) is 45.2 Å². The molecule has 2 aliphatic rings. The van der Waals surface area contributed by atoms with E-state index in [1.807, 2.05) is 29.2 Å². The second-order valence-electron chi connectivity index (χ2n) is 8.03. The summed E-state index contributed by atoms with van der Waals surface area (Å²) in [6, 6.07) is 16.8. The highest BCUT2D eigenvalue weighted by atomic mass is 16.5. The Morgan fingerprint density at radius 1 is 1.10 bits per heavy atom. The number of unbranched alkanes of at least 4 members (excludes halogenated alkanes) is 1. The van der Waals surface area contributed by atoms with Crippen LogP contribution < -0.4 is 10.1 Å². The standard InChI is InChI=1S/C24H31N3O2/c1-2-3-16-29-23-10-8-21(9-11-23)25-24(28)27-15-13-22(18-27)26-14-12-19-6-4-5-7-20(19)17-26/h4-11,22H,2-3,12-18H2,1H3,(H,25,28). The van der Waals surface area contributed by atoms with Crippen LogP contribution >= 0.6 is 0 Å². The second kappa shape index (κ2) is 9.31. The van der Waals surface area contributed by atoms with Gasteiger partial charge in [-0.1, -0.05) is 37.6 Å². The van der Waals surface area contributed by atoms with Gasteiger partial charge in [-0.2, -0.15) is 0 Å².